The van der Waals surface area contributed by atoms with Crippen molar-refractivity contribution in [2.45, 2.75) is 0 Å². The molecule has 576 valence electrons. The number of aromatic nitrogens is 20. The van der Waals surface area contributed by atoms with E-state index >= 15 is 0 Å². The molecule has 0 aliphatic heterocycles. The zero-order valence-electron chi connectivity index (χ0n) is 54.0. The Morgan fingerprint density at radius 2 is 0.191 bits per heavy atom. The Labute approximate surface area is 743 Å². The van der Waals surface area contributed by atoms with E-state index in [0.29, 0.717) is 0 Å². The topological polar surface area (TPSA) is 523 Å². The first-order valence-corrected chi connectivity index (χ1v) is 43.9. The monoisotopic (exact) mass is 2520 g/mol. The van der Waals surface area contributed by atoms with E-state index in [2.05, 4.69) is 79.6 Å². The fraction of sp³-hybridized carbons (Fsp3) is 0. The van der Waals surface area contributed by atoms with Crippen molar-refractivity contribution in [3.05, 3.63) is 304 Å². The first-order valence-electron chi connectivity index (χ1n) is 28.6. The second kappa shape index (κ2) is 57.2. The van der Waals surface area contributed by atoms with Crippen LogP contribution in [0.4, 0.5) is 0 Å². The molecule has 10 aromatic carbocycles. The molecule has 20 aromatic rings. The van der Waals surface area contributed by atoms with Crippen molar-refractivity contribution < 1.29 is 110 Å². The van der Waals surface area contributed by atoms with Crippen molar-refractivity contribution in [1.29, 1.82) is 0 Å². The number of nitrogens with zero attached hydrogens (tertiary/aromatic N) is 24. The summed E-state index contributed by atoms with van der Waals surface area (Å²) in [6.45, 7) is 0. The molecular formula is C60H40Ag4N24O12Se10. The van der Waals surface area contributed by atoms with E-state index < -0.39 is 20.3 Å². The quantitative estimate of drug-likeness (QED) is 0.0968. The summed E-state index contributed by atoms with van der Waals surface area (Å²) in [4.78, 5) is 33.0. The molecule has 0 spiro atoms. The van der Waals surface area contributed by atoms with Gasteiger partial charge in [-0.25, -0.2) is 0 Å². The third-order valence-corrected chi connectivity index (χ3v) is 23.3. The van der Waals surface area contributed by atoms with Gasteiger partial charge in [-0.05, 0) is 0 Å². The molecule has 10 heterocycles. The van der Waals surface area contributed by atoms with Crippen LogP contribution in [0.5, 0.6) is 0 Å². The van der Waals surface area contributed by atoms with Crippen LogP contribution >= 0.6 is 0 Å². The molecule has 0 amide bonds. The molecule has 0 saturated carbocycles. The van der Waals surface area contributed by atoms with Gasteiger partial charge in [-0.2, -0.15) is 0 Å². The second-order valence-electron chi connectivity index (χ2n) is 18.4. The Hall–Kier alpha value is -6.84. The Balaban J connectivity index is 0.000000309. The van der Waals surface area contributed by atoms with Crippen LogP contribution in [0.15, 0.2) is 243 Å². The summed E-state index contributed by atoms with van der Waals surface area (Å²) in [5.74, 6) is 0. The van der Waals surface area contributed by atoms with E-state index in [1.54, 1.807) is 0 Å². The number of hydrogen-bond acceptors (Lipinski definition) is 32. The Bertz CT molecular complexity index is 4430. The normalized spacial score (nSPS) is 9.24. The first kappa shape index (κ1) is 97.4. The molecule has 110 heavy (non-hydrogen) atoms. The van der Waals surface area contributed by atoms with Crippen LogP contribution in [0.3, 0.4) is 0 Å². The summed E-state index contributed by atoms with van der Waals surface area (Å²) >= 11 is 1.29. The fourth-order valence-corrected chi connectivity index (χ4v) is 18.3. The summed E-state index contributed by atoms with van der Waals surface area (Å²) in [5, 5.41) is 59.0. The van der Waals surface area contributed by atoms with Crippen LogP contribution in [-0.4, -0.2) is 250 Å². The average Bonchev–Trinajstić information content (AvgIpc) is 1.83. The number of benzene rings is 10. The molecule has 10 aromatic heterocycles. The molecule has 0 aliphatic carbocycles. The molecule has 0 unspecified atom stereocenters. The molecule has 36 nitrogen and oxygen atoms in total. The van der Waals surface area contributed by atoms with Crippen LogP contribution in [-0.2, 0) is 89.5 Å². The van der Waals surface area contributed by atoms with Crippen molar-refractivity contribution in [3.63, 3.8) is 0 Å². The van der Waals surface area contributed by atoms with Crippen molar-refractivity contribution in [2.75, 3.05) is 0 Å². The molecule has 0 N–H and O–H groups in total. The third-order valence-electron chi connectivity index (χ3n) is 11.6. The number of hydrogen-bond donors (Lipinski definition) is 0. The SMILES string of the molecule is O=[N+]([O-])[O-].O=[N+]([O-])[O-].O=[N+]([O-])[O-].O=[N+]([O-])[O-].[Ag+].[Ag+].[Ag+].[Ag+].c1ccc2n[se]nc2c1.c1ccc2n[se]nc2c1.c1ccc2n[se]nc2c1.c1ccc2n[se]nc2c1.c1ccc2n[se]nc2c1.c1ccc2n[se]nc2c1.c1ccc2n[se]nc2c1.c1ccc2n[se]nc2c1.c1ccc2n[se]nc2c1.c1ccc2n[se]nc2c1. The van der Waals surface area contributed by atoms with Gasteiger partial charge in [-0.15, -0.1) is 0 Å². The van der Waals surface area contributed by atoms with Crippen LogP contribution < -0.4 is 0 Å². The zero-order chi connectivity index (χ0) is 75.4. The summed E-state index contributed by atoms with van der Waals surface area (Å²) in [7, 11) is 0. The van der Waals surface area contributed by atoms with Gasteiger partial charge in [0.15, 0.2) is 0 Å². The summed E-state index contributed by atoms with van der Waals surface area (Å²) in [6, 6.07) is 79.6. The van der Waals surface area contributed by atoms with Crippen molar-refractivity contribution in [1.82, 2.24) is 79.6 Å². The van der Waals surface area contributed by atoms with Gasteiger partial charge in [-0.3, -0.25) is 0 Å². The Morgan fingerprint density at radius 3 is 0.236 bits per heavy atom. The van der Waals surface area contributed by atoms with Gasteiger partial charge >= 0.3 is 672 Å². The van der Waals surface area contributed by atoms with Crippen LogP contribution in [0, 0.1) is 61.3 Å². The van der Waals surface area contributed by atoms with Crippen LogP contribution in [0.1, 0.15) is 0 Å². The second-order valence-corrected chi connectivity index (χ2v) is 29.5. The summed E-state index contributed by atoms with van der Waals surface area (Å²) < 4.78 is 83.9. The molecule has 0 radical (unpaired) electrons. The van der Waals surface area contributed by atoms with E-state index in [9.17, 15) is 0 Å². The molecule has 0 saturated heterocycles. The maximum atomic E-state index is 8.25. The van der Waals surface area contributed by atoms with E-state index in [4.69, 9.17) is 61.3 Å². The summed E-state index contributed by atoms with van der Waals surface area (Å²) in [6.07, 6.45) is 0. The average molecular weight is 2510 g/mol. The van der Waals surface area contributed by atoms with Gasteiger partial charge in [0.05, 0.1) is 20.3 Å². The molecule has 20 rings (SSSR count). The maximum absolute atomic E-state index is 8.25. The van der Waals surface area contributed by atoms with Crippen molar-refractivity contribution in [2.24, 2.45) is 0 Å². The van der Waals surface area contributed by atoms with E-state index in [0.717, 1.165) is 110 Å². The van der Waals surface area contributed by atoms with Gasteiger partial charge in [0, 0.05) is 0 Å². The van der Waals surface area contributed by atoms with Gasteiger partial charge in [0.2, 0.25) is 0 Å². The minimum atomic E-state index is -1.75. The first-order chi connectivity index (χ1) is 51.6. The van der Waals surface area contributed by atoms with Crippen LogP contribution in [0.25, 0.3) is 110 Å². The molecule has 0 atom stereocenters. The molecule has 0 bridgehead atoms. The van der Waals surface area contributed by atoms with Crippen LogP contribution in [0.2, 0.25) is 0 Å². The molecule has 50 heteroatoms. The van der Waals surface area contributed by atoms with E-state index in [-0.39, 0.29) is 239 Å². The summed E-state index contributed by atoms with van der Waals surface area (Å²) in [5.41, 5.74) is 21.1. The zero-order valence-corrected chi connectivity index (χ0v) is 77.1. The van der Waals surface area contributed by atoms with Gasteiger partial charge < -0.3 is 61.3 Å². The predicted molar refractivity (Wildman–Crippen MR) is 406 cm³/mol. The number of fused-ring (bicyclic) bond motifs is 10. The van der Waals surface area contributed by atoms with Gasteiger partial charge in [-0.1, -0.05) is 0 Å². The van der Waals surface area contributed by atoms with Crippen molar-refractivity contribution >= 4 is 260 Å². The van der Waals surface area contributed by atoms with Gasteiger partial charge in [0.1, 0.15) is 0 Å². The standard InChI is InChI=1S/10C6H4N2Se.4Ag.4NO3/c10*1-2-4-6-5(3-1)7-9-8-6;;;;;4*2-1(3)4/h10*1-4H;;;;;;;;/q;;;;;;;;;;4*+1;4*-1. The van der Waals surface area contributed by atoms with E-state index in [1.807, 2.05) is 243 Å². The fourth-order valence-electron chi connectivity index (χ4n) is 7.27. The van der Waals surface area contributed by atoms with Gasteiger partial charge in [0.25, 0.3) is 0 Å². The number of rotatable bonds is 0. The minimum absolute atomic E-state index is 0. The molecular weight excluding hydrogens is 2470 g/mol. The Kier molecular flexibility index (Phi) is 50.6. The predicted octanol–water partition coefficient (Wildman–Crippen LogP) is 5.90. The third kappa shape index (κ3) is 38.1. The molecule has 0 aliphatic rings. The van der Waals surface area contributed by atoms with E-state index in [1.165, 1.54) is 0 Å². The Morgan fingerprint density at radius 1 is 0.145 bits per heavy atom. The van der Waals surface area contributed by atoms with Crippen molar-refractivity contribution in [3.8, 4) is 0 Å². The molecule has 0 fully saturated rings.